The van der Waals surface area contributed by atoms with Crippen LogP contribution in [0.25, 0.3) is 10.8 Å². The van der Waals surface area contributed by atoms with E-state index < -0.39 is 11.7 Å². The molecule has 7 aliphatic heterocycles. The molecule has 0 amide bonds. The topological polar surface area (TPSA) is 83.8 Å². The van der Waals surface area contributed by atoms with E-state index in [1.807, 2.05) is 13.8 Å². The Hall–Kier alpha value is -5.58. The lowest BCUT2D eigenvalue weighted by Crippen LogP contribution is -2.71. The predicted octanol–water partition coefficient (Wildman–Crippen LogP) is 3.83. The van der Waals surface area contributed by atoms with Gasteiger partial charge in [0.15, 0.2) is 5.79 Å². The number of aromatic nitrogens is 2. The molecular weight excluding hydrogens is 600 g/mol. The first-order chi connectivity index (χ1) is 23.5. The molecule has 226 valence electrons. The molecule has 0 radical (unpaired) electrons. The summed E-state index contributed by atoms with van der Waals surface area (Å²) in [4.78, 5) is 22.3. The van der Waals surface area contributed by atoms with Crippen molar-refractivity contribution in [3.8, 4) is 0 Å². The van der Waals surface area contributed by atoms with Crippen LogP contribution in [-0.4, -0.2) is 59.6 Å². The summed E-state index contributed by atoms with van der Waals surface area (Å²) in [6.45, 7) is 4.05. The van der Waals surface area contributed by atoms with Gasteiger partial charge in [-0.15, -0.1) is 9.15 Å². The number of hydrogen-bond donors (Lipinski definition) is 0. The first kappa shape index (κ1) is 23.7. The minimum absolute atomic E-state index is 0.0210. The van der Waals surface area contributed by atoms with Gasteiger partial charge in [0.25, 0.3) is 23.3 Å². The van der Waals surface area contributed by atoms with E-state index in [1.54, 1.807) is 0 Å². The van der Waals surface area contributed by atoms with Gasteiger partial charge in [-0.25, -0.2) is 0 Å². The zero-order valence-electron chi connectivity index (χ0n) is 25.8. The second kappa shape index (κ2) is 6.99. The number of rotatable bonds is 0. The molecule has 2 aromatic heterocycles. The van der Waals surface area contributed by atoms with Crippen LogP contribution in [0.5, 0.6) is 0 Å². The Morgan fingerprint density at radius 2 is 1.04 bits per heavy atom. The van der Waals surface area contributed by atoms with Gasteiger partial charge in [-0.2, -0.15) is 9.13 Å². The summed E-state index contributed by atoms with van der Waals surface area (Å²) in [5.41, 5.74) is 8.46. The van der Waals surface area contributed by atoms with Gasteiger partial charge >= 0.3 is 5.91 Å². The molecule has 15 rings (SSSR count). The SMILES string of the molecule is CC1(C)OC2C3C=CC(c4c3c3n5c4N=C4c6ccccc6C6=[N+]4C54n5c(c7ccccc7c5=N6)=NC5=[N+]4C(=N3)c3ccccc35)C2O1. The number of ether oxygens (including phenoxy) is 2. The molecule has 48 heavy (non-hydrogen) atoms. The summed E-state index contributed by atoms with van der Waals surface area (Å²) >= 11 is 0. The summed E-state index contributed by atoms with van der Waals surface area (Å²) in [6.07, 6.45) is 4.44. The summed E-state index contributed by atoms with van der Waals surface area (Å²) in [6, 6.07) is 25.6. The van der Waals surface area contributed by atoms with Gasteiger partial charge in [-0.3, -0.25) is 0 Å². The van der Waals surface area contributed by atoms with Gasteiger partial charge in [0.2, 0.25) is 22.6 Å². The highest BCUT2D eigenvalue weighted by molar-refractivity contribution is 6.18. The minimum Gasteiger partial charge on any atom is -0.344 e. The van der Waals surface area contributed by atoms with E-state index in [-0.39, 0.29) is 24.0 Å². The monoisotopic (exact) mass is 624 g/mol. The zero-order valence-corrected chi connectivity index (χ0v) is 25.8. The van der Waals surface area contributed by atoms with E-state index in [0.29, 0.717) is 0 Å². The fourth-order valence-corrected chi connectivity index (χ4v) is 10.3. The van der Waals surface area contributed by atoms with Crippen LogP contribution in [0.1, 0.15) is 59.1 Å². The number of hydrogen-bond acceptors (Lipinski definition) is 6. The number of amidine groups is 4. The zero-order chi connectivity index (χ0) is 31.0. The number of fused-ring (bicyclic) bond motifs is 9. The van der Waals surface area contributed by atoms with E-state index in [1.165, 1.54) is 11.1 Å². The summed E-state index contributed by atoms with van der Waals surface area (Å²) in [7, 11) is 0. The number of benzene rings is 3. The number of nitrogens with zero attached hydrogens (tertiary/aromatic N) is 8. The average molecular weight is 625 g/mol. The lowest BCUT2D eigenvalue weighted by atomic mass is 9.69. The summed E-state index contributed by atoms with van der Waals surface area (Å²) < 4.78 is 22.8. The molecular formula is C38H24N8O2+2. The van der Waals surface area contributed by atoms with Gasteiger partial charge < -0.3 is 9.47 Å². The fraction of sp³-hybridized carbons (Fsp3) is 0.211. The van der Waals surface area contributed by atoms with Gasteiger partial charge in [-0.1, -0.05) is 68.5 Å². The standard InChI is InChI=1S/C38H24N8O2/c1-37(2)47-27-23-15-16-24(28(27)48-37)26-25(23)35-41-33-21-13-7-5-11-19(21)31-39-29-17-9-3-4-10-18(17)30-40-32-20-12-6-8-14-22(20)34-42-36(26)46(35)38(43(29)30,44(31)33)45(32)34/h3-16,23-24,27-28H,1-2H3/q+2. The highest BCUT2D eigenvalue weighted by Crippen LogP contribution is 2.62. The van der Waals surface area contributed by atoms with Crippen LogP contribution < -0.4 is 11.0 Å². The molecule has 9 heterocycles. The molecule has 10 heteroatoms. The van der Waals surface area contributed by atoms with Crippen molar-refractivity contribution in [1.82, 2.24) is 9.13 Å². The second-order valence-electron chi connectivity index (χ2n) is 14.4. The molecule has 1 fully saturated rings. The van der Waals surface area contributed by atoms with Crippen molar-refractivity contribution in [2.75, 3.05) is 0 Å². The molecule has 4 atom stereocenters. The Balaban J connectivity index is 1.25. The van der Waals surface area contributed by atoms with Crippen molar-refractivity contribution in [2.24, 2.45) is 20.0 Å². The van der Waals surface area contributed by atoms with Crippen LogP contribution in [0.15, 0.2) is 105 Å². The largest absolute Gasteiger partial charge is 0.404 e. The van der Waals surface area contributed by atoms with Gasteiger partial charge in [0.1, 0.15) is 0 Å². The van der Waals surface area contributed by atoms with E-state index in [9.17, 15) is 0 Å². The van der Waals surface area contributed by atoms with Crippen LogP contribution in [0.4, 0.5) is 11.6 Å². The fourth-order valence-electron chi connectivity index (χ4n) is 10.3. The molecule has 1 saturated heterocycles. The molecule has 10 aliphatic rings. The molecule has 1 spiro atoms. The second-order valence-corrected chi connectivity index (χ2v) is 14.4. The van der Waals surface area contributed by atoms with E-state index in [2.05, 4.69) is 103 Å². The molecule has 3 aliphatic carbocycles. The van der Waals surface area contributed by atoms with E-state index >= 15 is 0 Å². The van der Waals surface area contributed by atoms with Crippen molar-refractivity contribution in [3.05, 3.63) is 129 Å². The molecule has 3 aromatic carbocycles. The maximum Gasteiger partial charge on any atom is 0.404 e. The smallest absolute Gasteiger partial charge is 0.344 e. The Labute approximate surface area is 272 Å². The Morgan fingerprint density at radius 3 is 1.54 bits per heavy atom. The highest BCUT2D eigenvalue weighted by Gasteiger charge is 2.71. The maximum atomic E-state index is 6.65. The molecule has 2 bridgehead atoms. The minimum atomic E-state index is -0.985. The van der Waals surface area contributed by atoms with Gasteiger partial charge in [0, 0.05) is 33.7 Å². The van der Waals surface area contributed by atoms with Gasteiger partial charge in [0.05, 0.1) is 34.5 Å². The molecule has 0 N–H and O–H groups in total. The predicted molar refractivity (Wildman–Crippen MR) is 175 cm³/mol. The van der Waals surface area contributed by atoms with Crippen LogP contribution in [0.3, 0.4) is 0 Å². The molecule has 4 unspecified atom stereocenters. The Bertz CT molecular complexity index is 2680. The highest BCUT2D eigenvalue weighted by atomic mass is 16.8. The molecule has 0 saturated carbocycles. The normalized spacial score (nSPS) is 29.9. The van der Waals surface area contributed by atoms with Crippen molar-refractivity contribution < 1.29 is 18.6 Å². The Morgan fingerprint density at radius 1 is 0.583 bits per heavy atom. The van der Waals surface area contributed by atoms with E-state index in [4.69, 9.17) is 29.4 Å². The van der Waals surface area contributed by atoms with Crippen LogP contribution >= 0.6 is 0 Å². The maximum absolute atomic E-state index is 6.65. The van der Waals surface area contributed by atoms with Crippen LogP contribution in [0.2, 0.25) is 0 Å². The first-order valence-corrected chi connectivity index (χ1v) is 16.7. The first-order valence-electron chi connectivity index (χ1n) is 16.7. The van der Waals surface area contributed by atoms with Crippen LogP contribution in [-0.2, 0) is 15.4 Å². The number of aliphatic imine (C=N–C) groups is 2. The quantitative estimate of drug-likeness (QED) is 0.194. The van der Waals surface area contributed by atoms with Gasteiger partial charge in [-0.05, 0) is 50.2 Å². The average Bonchev–Trinajstić information content (AvgIpc) is 3.89. The third-order valence-electron chi connectivity index (χ3n) is 11.8. The van der Waals surface area contributed by atoms with Crippen molar-refractivity contribution in [1.29, 1.82) is 0 Å². The van der Waals surface area contributed by atoms with E-state index in [0.717, 1.165) is 79.0 Å². The lowest BCUT2D eigenvalue weighted by molar-refractivity contribution is -0.790. The third kappa shape index (κ3) is 2.16. The molecule has 10 nitrogen and oxygen atoms in total. The summed E-state index contributed by atoms with van der Waals surface area (Å²) in [5, 5.41) is 2.15. The summed E-state index contributed by atoms with van der Waals surface area (Å²) in [5.74, 6) is 3.71. The van der Waals surface area contributed by atoms with Crippen molar-refractivity contribution in [2.45, 2.75) is 49.6 Å². The third-order valence-corrected chi connectivity index (χ3v) is 11.8. The van der Waals surface area contributed by atoms with Crippen molar-refractivity contribution >= 4 is 45.8 Å². The Kier molecular flexibility index (Phi) is 3.45. The lowest BCUT2D eigenvalue weighted by Gasteiger charge is -2.40. The van der Waals surface area contributed by atoms with Crippen LogP contribution in [0, 0.1) is 0 Å². The molecule has 5 aromatic rings. The van der Waals surface area contributed by atoms with Crippen molar-refractivity contribution in [3.63, 3.8) is 0 Å².